The molecule has 3 saturated carbocycles. The molecule has 0 spiro atoms. The minimum absolute atomic E-state index is 0.0744. The zero-order valence-electron chi connectivity index (χ0n) is 12.9. The lowest BCUT2D eigenvalue weighted by Crippen LogP contribution is -2.57. The highest BCUT2D eigenvalue weighted by Crippen LogP contribution is 2.65. The Morgan fingerprint density at radius 3 is 2.47 bits per heavy atom. The van der Waals surface area contributed by atoms with Crippen molar-refractivity contribution >= 4 is 5.97 Å². The fraction of sp³-hybridized carbons (Fsp3) is 0.941. The van der Waals surface area contributed by atoms with Gasteiger partial charge in [0.1, 0.15) is 5.60 Å². The molecule has 3 fully saturated rings. The van der Waals surface area contributed by atoms with Gasteiger partial charge in [0.15, 0.2) is 0 Å². The van der Waals surface area contributed by atoms with Crippen LogP contribution < -0.4 is 0 Å². The van der Waals surface area contributed by atoms with Gasteiger partial charge in [-0.2, -0.15) is 0 Å². The van der Waals surface area contributed by atoms with Crippen LogP contribution in [0.3, 0.4) is 0 Å². The second-order valence-corrected chi connectivity index (χ2v) is 8.44. The number of fused-ring (bicyclic) bond motifs is 4. The topological polar surface area (TPSA) is 26.3 Å². The first kappa shape index (κ1) is 13.5. The molecule has 2 heteroatoms. The van der Waals surface area contributed by atoms with Gasteiger partial charge < -0.3 is 4.74 Å². The van der Waals surface area contributed by atoms with Crippen LogP contribution in [-0.2, 0) is 9.53 Å². The molecule has 0 saturated heterocycles. The van der Waals surface area contributed by atoms with E-state index in [1.54, 1.807) is 6.92 Å². The van der Waals surface area contributed by atoms with E-state index in [-0.39, 0.29) is 11.6 Å². The van der Waals surface area contributed by atoms with Gasteiger partial charge in [-0.15, -0.1) is 0 Å². The molecular formula is C17H28O2. The van der Waals surface area contributed by atoms with Crippen molar-refractivity contribution in [2.45, 2.75) is 78.2 Å². The fourth-order valence-electron chi connectivity index (χ4n) is 5.59. The van der Waals surface area contributed by atoms with Crippen LogP contribution in [0, 0.1) is 22.7 Å². The summed E-state index contributed by atoms with van der Waals surface area (Å²) in [5.41, 5.74) is 0.724. The maximum Gasteiger partial charge on any atom is 0.303 e. The SMILES string of the molecule is CC(=O)O[C@@]12CCC[C@](C)(CC[C@@H]3[C@@H]1CC3(C)C)C2. The number of carbonyl (C=O) groups excluding carboxylic acids is 1. The Labute approximate surface area is 117 Å². The van der Waals surface area contributed by atoms with Crippen LogP contribution in [0.2, 0.25) is 0 Å². The van der Waals surface area contributed by atoms with E-state index in [1.165, 1.54) is 32.1 Å². The van der Waals surface area contributed by atoms with Crippen molar-refractivity contribution in [1.29, 1.82) is 0 Å². The average Bonchev–Trinajstić information content (AvgIpc) is 2.30. The summed E-state index contributed by atoms with van der Waals surface area (Å²) in [6.07, 6.45) is 8.64. The van der Waals surface area contributed by atoms with E-state index in [0.29, 0.717) is 16.7 Å². The van der Waals surface area contributed by atoms with Crippen LogP contribution in [0.25, 0.3) is 0 Å². The zero-order valence-corrected chi connectivity index (χ0v) is 12.9. The van der Waals surface area contributed by atoms with Crippen molar-refractivity contribution in [3.8, 4) is 0 Å². The van der Waals surface area contributed by atoms with Crippen molar-refractivity contribution in [3.63, 3.8) is 0 Å². The highest BCUT2D eigenvalue weighted by atomic mass is 16.6. The molecule has 2 nitrogen and oxygen atoms in total. The monoisotopic (exact) mass is 264 g/mol. The van der Waals surface area contributed by atoms with Crippen LogP contribution in [0.5, 0.6) is 0 Å². The lowest BCUT2D eigenvalue weighted by atomic mass is 9.49. The average molecular weight is 264 g/mol. The molecule has 19 heavy (non-hydrogen) atoms. The summed E-state index contributed by atoms with van der Waals surface area (Å²) in [6.45, 7) is 8.80. The van der Waals surface area contributed by atoms with Gasteiger partial charge in [0, 0.05) is 12.8 Å². The van der Waals surface area contributed by atoms with Crippen molar-refractivity contribution in [1.82, 2.24) is 0 Å². The summed E-state index contributed by atoms with van der Waals surface area (Å²) in [4.78, 5) is 11.6. The summed E-state index contributed by atoms with van der Waals surface area (Å²) in [7, 11) is 0. The van der Waals surface area contributed by atoms with Gasteiger partial charge in [0.2, 0.25) is 0 Å². The number of rotatable bonds is 1. The van der Waals surface area contributed by atoms with Crippen LogP contribution in [0.4, 0.5) is 0 Å². The summed E-state index contributed by atoms with van der Waals surface area (Å²) in [6, 6.07) is 0. The third-order valence-electron chi connectivity index (χ3n) is 6.42. The maximum absolute atomic E-state index is 11.6. The third-order valence-corrected chi connectivity index (χ3v) is 6.42. The standard InChI is InChI=1S/C17H28O2/c1-12(18)19-17-8-5-7-16(4,11-17)9-6-13-14(17)10-15(13,2)3/h13-14H,5-11H2,1-4H3/t13-,14+,16-,17-/m1/s1. The van der Waals surface area contributed by atoms with Gasteiger partial charge in [-0.05, 0) is 61.7 Å². The summed E-state index contributed by atoms with van der Waals surface area (Å²) in [5.74, 6) is 1.30. The number of hydrogen-bond donors (Lipinski definition) is 0. The smallest absolute Gasteiger partial charge is 0.303 e. The molecule has 3 aliphatic rings. The molecule has 0 aromatic carbocycles. The van der Waals surface area contributed by atoms with Gasteiger partial charge >= 0.3 is 5.97 Å². The Kier molecular flexibility index (Phi) is 2.82. The normalized spacial score (nSPS) is 47.6. The van der Waals surface area contributed by atoms with Crippen LogP contribution >= 0.6 is 0 Å². The number of esters is 1. The first-order valence-electron chi connectivity index (χ1n) is 7.96. The molecule has 2 bridgehead atoms. The molecule has 0 heterocycles. The van der Waals surface area contributed by atoms with Crippen molar-refractivity contribution in [3.05, 3.63) is 0 Å². The zero-order chi connectivity index (χ0) is 13.9. The Morgan fingerprint density at radius 2 is 1.84 bits per heavy atom. The highest BCUT2D eigenvalue weighted by molar-refractivity contribution is 5.66. The molecule has 0 N–H and O–H groups in total. The Balaban J connectivity index is 1.95. The molecule has 0 amide bonds. The van der Waals surface area contributed by atoms with E-state index >= 15 is 0 Å². The van der Waals surface area contributed by atoms with E-state index in [1.807, 2.05) is 0 Å². The van der Waals surface area contributed by atoms with Gasteiger partial charge in [-0.3, -0.25) is 4.79 Å². The second kappa shape index (κ2) is 3.99. The van der Waals surface area contributed by atoms with Crippen LogP contribution in [-0.4, -0.2) is 11.6 Å². The van der Waals surface area contributed by atoms with Crippen LogP contribution in [0.1, 0.15) is 72.6 Å². The summed E-state index contributed by atoms with van der Waals surface area (Å²) < 4.78 is 5.98. The van der Waals surface area contributed by atoms with Gasteiger partial charge in [-0.25, -0.2) is 0 Å². The Morgan fingerprint density at radius 1 is 1.11 bits per heavy atom. The molecule has 0 aromatic heterocycles. The Hall–Kier alpha value is -0.530. The molecule has 3 rings (SSSR count). The van der Waals surface area contributed by atoms with Gasteiger partial charge in [0.25, 0.3) is 0 Å². The minimum atomic E-state index is -0.129. The predicted octanol–water partition coefficient (Wildman–Crippen LogP) is 4.32. The molecule has 3 aliphatic carbocycles. The summed E-state index contributed by atoms with van der Waals surface area (Å²) in [5, 5.41) is 0. The van der Waals surface area contributed by atoms with E-state index in [2.05, 4.69) is 20.8 Å². The van der Waals surface area contributed by atoms with E-state index < -0.39 is 0 Å². The first-order valence-corrected chi connectivity index (χ1v) is 7.96. The van der Waals surface area contributed by atoms with E-state index in [4.69, 9.17) is 4.74 Å². The number of hydrogen-bond acceptors (Lipinski definition) is 2. The number of carbonyl (C=O) groups is 1. The van der Waals surface area contributed by atoms with Crippen molar-refractivity contribution in [2.75, 3.05) is 0 Å². The predicted molar refractivity (Wildman–Crippen MR) is 75.7 cm³/mol. The van der Waals surface area contributed by atoms with Crippen LogP contribution in [0.15, 0.2) is 0 Å². The molecule has 108 valence electrons. The third kappa shape index (κ3) is 2.02. The van der Waals surface area contributed by atoms with Gasteiger partial charge in [0.05, 0.1) is 0 Å². The maximum atomic E-state index is 11.6. The lowest BCUT2D eigenvalue weighted by Gasteiger charge is -2.59. The fourth-order valence-corrected chi connectivity index (χ4v) is 5.59. The highest BCUT2D eigenvalue weighted by Gasteiger charge is 2.62. The van der Waals surface area contributed by atoms with Crippen molar-refractivity contribution < 1.29 is 9.53 Å². The second-order valence-electron chi connectivity index (χ2n) is 8.44. The van der Waals surface area contributed by atoms with E-state index in [9.17, 15) is 4.79 Å². The van der Waals surface area contributed by atoms with Gasteiger partial charge in [-0.1, -0.05) is 20.8 Å². The molecule has 4 atom stereocenters. The first-order chi connectivity index (χ1) is 8.77. The minimum Gasteiger partial charge on any atom is -0.459 e. The molecule has 0 radical (unpaired) electrons. The number of ether oxygens (including phenoxy) is 1. The molecule has 0 aliphatic heterocycles. The van der Waals surface area contributed by atoms with Crippen molar-refractivity contribution in [2.24, 2.45) is 22.7 Å². The molecule has 0 aromatic rings. The largest absolute Gasteiger partial charge is 0.459 e. The molecule has 0 unspecified atom stereocenters. The van der Waals surface area contributed by atoms with E-state index in [0.717, 1.165) is 18.8 Å². The summed E-state index contributed by atoms with van der Waals surface area (Å²) >= 11 is 0. The lowest BCUT2D eigenvalue weighted by molar-refractivity contribution is -0.199. The Bertz CT molecular complexity index is 400. The molecular weight excluding hydrogens is 236 g/mol. The quantitative estimate of drug-likeness (QED) is 0.659.